The molecule has 2 aromatic rings. The predicted octanol–water partition coefficient (Wildman–Crippen LogP) is 2.42. The molecule has 23 heavy (non-hydrogen) atoms. The molecule has 5 nitrogen and oxygen atoms in total. The van der Waals surface area contributed by atoms with Gasteiger partial charge in [-0.3, -0.25) is 4.90 Å². The van der Waals surface area contributed by atoms with E-state index in [0.717, 1.165) is 49.4 Å². The van der Waals surface area contributed by atoms with Crippen LogP contribution in [0, 0.1) is 0 Å². The predicted molar refractivity (Wildman–Crippen MR) is 84.8 cm³/mol. The summed E-state index contributed by atoms with van der Waals surface area (Å²) < 4.78 is 39.4. The van der Waals surface area contributed by atoms with E-state index in [1.54, 1.807) is 0 Å². The highest BCUT2D eigenvalue weighted by Gasteiger charge is 2.35. The highest BCUT2D eigenvalue weighted by Crippen LogP contribution is 2.39. The largest absolute Gasteiger partial charge is 0.419 e. The lowest BCUT2D eigenvalue weighted by molar-refractivity contribution is -0.136. The second-order valence-electron chi connectivity index (χ2n) is 5.64. The highest BCUT2D eigenvalue weighted by atomic mass is 32.1. The van der Waals surface area contributed by atoms with Gasteiger partial charge in [0.2, 0.25) is 0 Å². The summed E-state index contributed by atoms with van der Waals surface area (Å²) in [7, 11) is 0. The lowest BCUT2D eigenvalue weighted by atomic mass is 10.2. The molecule has 0 aliphatic carbocycles. The van der Waals surface area contributed by atoms with Crippen LogP contribution in [0.5, 0.6) is 0 Å². The summed E-state index contributed by atoms with van der Waals surface area (Å²) >= 11 is 1.02. The molecular weight excluding hydrogens is 327 g/mol. The first kappa shape index (κ1) is 16.4. The molecule has 3 heterocycles. The quantitative estimate of drug-likeness (QED) is 0.891. The van der Waals surface area contributed by atoms with Crippen molar-refractivity contribution in [3.8, 4) is 0 Å². The number of nitrogens with one attached hydrogen (secondary N) is 2. The number of rotatable bonds is 4. The van der Waals surface area contributed by atoms with Crippen LogP contribution < -0.4 is 10.6 Å². The van der Waals surface area contributed by atoms with Crippen molar-refractivity contribution in [3.05, 3.63) is 17.3 Å². The van der Waals surface area contributed by atoms with Gasteiger partial charge in [-0.05, 0) is 6.92 Å². The molecule has 0 unspecified atom stereocenters. The molecule has 0 amide bonds. The molecule has 126 valence electrons. The molecule has 9 heteroatoms. The average molecular weight is 345 g/mol. The van der Waals surface area contributed by atoms with Gasteiger partial charge in [-0.1, -0.05) is 0 Å². The third-order valence-electron chi connectivity index (χ3n) is 3.78. The fourth-order valence-corrected chi connectivity index (χ4v) is 3.69. The minimum atomic E-state index is -4.39. The highest BCUT2D eigenvalue weighted by molar-refractivity contribution is 7.18. The number of fused-ring (bicyclic) bond motifs is 1. The Labute approximate surface area is 135 Å². The molecule has 1 aliphatic heterocycles. The van der Waals surface area contributed by atoms with E-state index >= 15 is 0 Å². The Morgan fingerprint density at radius 2 is 2.09 bits per heavy atom. The molecular formula is C14H18F3N5S. The van der Waals surface area contributed by atoms with Gasteiger partial charge < -0.3 is 10.6 Å². The Morgan fingerprint density at radius 1 is 1.35 bits per heavy atom. The zero-order chi connectivity index (χ0) is 16.4. The first-order valence-electron chi connectivity index (χ1n) is 7.44. The maximum absolute atomic E-state index is 13.0. The van der Waals surface area contributed by atoms with Gasteiger partial charge in [-0.25, -0.2) is 9.97 Å². The van der Waals surface area contributed by atoms with E-state index in [2.05, 4.69) is 25.5 Å². The molecule has 0 aromatic carbocycles. The standard InChI is InChI=1S/C14H18F3N5S/c1-9(6-22-4-2-18-3-5-22)21-13-12-11(19-8-20-13)10(7-23-12)14(15,16)17/h7-9,18H,2-6H2,1H3,(H,19,20,21)/t9-/m0/s1. The molecule has 2 N–H and O–H groups in total. The van der Waals surface area contributed by atoms with E-state index in [9.17, 15) is 13.2 Å². The van der Waals surface area contributed by atoms with Gasteiger partial charge in [0, 0.05) is 44.1 Å². The third-order valence-corrected chi connectivity index (χ3v) is 4.76. The van der Waals surface area contributed by atoms with Gasteiger partial charge in [-0.2, -0.15) is 13.2 Å². The fourth-order valence-electron chi connectivity index (χ4n) is 2.71. The Hall–Kier alpha value is -1.45. The number of thiophene rings is 1. The van der Waals surface area contributed by atoms with E-state index < -0.39 is 11.7 Å². The fraction of sp³-hybridized carbons (Fsp3) is 0.571. The van der Waals surface area contributed by atoms with Crippen LogP contribution in [-0.4, -0.2) is 53.6 Å². The molecule has 0 saturated carbocycles. The smallest absolute Gasteiger partial charge is 0.365 e. The second-order valence-corrected chi connectivity index (χ2v) is 6.52. The number of hydrogen-bond donors (Lipinski definition) is 2. The molecule has 2 aromatic heterocycles. The third kappa shape index (κ3) is 3.73. The van der Waals surface area contributed by atoms with E-state index in [4.69, 9.17) is 0 Å². The van der Waals surface area contributed by atoms with Gasteiger partial charge in [-0.15, -0.1) is 11.3 Å². The van der Waals surface area contributed by atoms with Gasteiger partial charge in [0.15, 0.2) is 0 Å². The lowest BCUT2D eigenvalue weighted by Gasteiger charge is -2.30. The number of halogens is 3. The van der Waals surface area contributed by atoms with Gasteiger partial charge in [0.05, 0.1) is 15.8 Å². The summed E-state index contributed by atoms with van der Waals surface area (Å²) in [6, 6.07) is 0.0858. The van der Waals surface area contributed by atoms with E-state index in [-0.39, 0.29) is 11.6 Å². The Balaban J connectivity index is 1.76. The van der Waals surface area contributed by atoms with Crippen molar-refractivity contribution in [2.45, 2.75) is 19.1 Å². The van der Waals surface area contributed by atoms with E-state index in [1.807, 2.05) is 6.92 Å². The summed E-state index contributed by atoms with van der Waals surface area (Å²) in [4.78, 5) is 10.3. The van der Waals surface area contributed by atoms with Gasteiger partial charge in [0.25, 0.3) is 0 Å². The van der Waals surface area contributed by atoms with Crippen molar-refractivity contribution in [2.24, 2.45) is 0 Å². The lowest BCUT2D eigenvalue weighted by Crippen LogP contribution is -2.47. The van der Waals surface area contributed by atoms with Crippen LogP contribution in [-0.2, 0) is 6.18 Å². The van der Waals surface area contributed by atoms with Crippen molar-refractivity contribution < 1.29 is 13.2 Å². The molecule has 1 saturated heterocycles. The van der Waals surface area contributed by atoms with Crippen molar-refractivity contribution >= 4 is 27.4 Å². The first-order chi connectivity index (χ1) is 10.9. The zero-order valence-corrected chi connectivity index (χ0v) is 13.5. The number of aromatic nitrogens is 2. The topological polar surface area (TPSA) is 53.1 Å². The molecule has 1 aliphatic rings. The number of alkyl halides is 3. The van der Waals surface area contributed by atoms with Crippen molar-refractivity contribution in [3.63, 3.8) is 0 Å². The Kier molecular flexibility index (Phi) is 4.69. The summed E-state index contributed by atoms with van der Waals surface area (Å²) in [6.45, 7) is 6.71. The molecule has 1 atom stereocenters. The molecule has 0 radical (unpaired) electrons. The van der Waals surface area contributed by atoms with Crippen molar-refractivity contribution in [2.75, 3.05) is 38.0 Å². The van der Waals surface area contributed by atoms with Gasteiger partial charge in [0.1, 0.15) is 12.1 Å². The molecule has 1 fully saturated rings. The number of hydrogen-bond acceptors (Lipinski definition) is 6. The molecule has 0 bridgehead atoms. The van der Waals surface area contributed by atoms with Crippen LogP contribution in [0.15, 0.2) is 11.7 Å². The summed E-state index contributed by atoms with van der Waals surface area (Å²) in [5, 5.41) is 7.62. The van der Waals surface area contributed by atoms with Crippen LogP contribution in [0.1, 0.15) is 12.5 Å². The minimum Gasteiger partial charge on any atom is -0.365 e. The number of piperazine rings is 1. The zero-order valence-electron chi connectivity index (χ0n) is 12.7. The molecule has 3 rings (SSSR count). The maximum Gasteiger partial charge on any atom is 0.419 e. The number of anilines is 1. The van der Waals surface area contributed by atoms with Crippen LogP contribution in [0.25, 0.3) is 10.2 Å². The Bertz CT molecular complexity index is 666. The normalized spacial score (nSPS) is 18.3. The Morgan fingerprint density at radius 3 is 2.78 bits per heavy atom. The molecule has 0 spiro atoms. The second kappa shape index (κ2) is 6.58. The van der Waals surface area contributed by atoms with E-state index in [0.29, 0.717) is 10.5 Å². The summed E-state index contributed by atoms with van der Waals surface area (Å²) in [6.07, 6.45) is -3.21. The van der Waals surface area contributed by atoms with Crippen LogP contribution in [0.2, 0.25) is 0 Å². The summed E-state index contributed by atoms with van der Waals surface area (Å²) in [5.74, 6) is 0.470. The van der Waals surface area contributed by atoms with Crippen molar-refractivity contribution in [1.29, 1.82) is 0 Å². The van der Waals surface area contributed by atoms with Crippen LogP contribution >= 0.6 is 11.3 Å². The average Bonchev–Trinajstić information content (AvgIpc) is 2.93. The first-order valence-corrected chi connectivity index (χ1v) is 8.32. The SMILES string of the molecule is C[C@@H](CN1CCNCC1)Nc1ncnc2c(C(F)(F)F)csc12. The number of nitrogens with zero attached hydrogens (tertiary/aromatic N) is 3. The van der Waals surface area contributed by atoms with Crippen LogP contribution in [0.4, 0.5) is 19.0 Å². The summed E-state index contributed by atoms with van der Waals surface area (Å²) in [5.41, 5.74) is -0.730. The van der Waals surface area contributed by atoms with Crippen LogP contribution in [0.3, 0.4) is 0 Å². The van der Waals surface area contributed by atoms with E-state index in [1.165, 1.54) is 6.33 Å². The van der Waals surface area contributed by atoms with Gasteiger partial charge >= 0.3 is 6.18 Å². The minimum absolute atomic E-state index is 0.0330. The monoisotopic (exact) mass is 345 g/mol. The van der Waals surface area contributed by atoms with Crippen molar-refractivity contribution in [1.82, 2.24) is 20.2 Å². The maximum atomic E-state index is 13.0.